The van der Waals surface area contributed by atoms with Crippen LogP contribution in [0.15, 0.2) is 27.4 Å². The van der Waals surface area contributed by atoms with Crippen molar-refractivity contribution in [2.24, 2.45) is 5.73 Å². The molecule has 108 valence electrons. The number of hydrogen-bond acceptors (Lipinski definition) is 5. The van der Waals surface area contributed by atoms with E-state index < -0.39 is 11.7 Å². The first-order valence-electron chi connectivity index (χ1n) is 5.84. The third-order valence-electron chi connectivity index (χ3n) is 2.58. The second-order valence-corrected chi connectivity index (χ2v) is 6.03. The van der Waals surface area contributed by atoms with Gasteiger partial charge in [-0.15, -0.1) is 0 Å². The highest BCUT2D eigenvalue weighted by molar-refractivity contribution is 8.01. The molecule has 0 amide bonds. The Bertz CT molecular complexity index is 596. The second-order valence-electron chi connectivity index (χ2n) is 3.95. The largest absolute Gasteiger partial charge is 0.416 e. The Morgan fingerprint density at radius 1 is 1.35 bits per heavy atom. The fourth-order valence-electron chi connectivity index (χ4n) is 1.58. The van der Waals surface area contributed by atoms with Gasteiger partial charge in [-0.3, -0.25) is 0 Å². The van der Waals surface area contributed by atoms with Gasteiger partial charge in [0.1, 0.15) is 5.82 Å². The molecule has 0 saturated heterocycles. The summed E-state index contributed by atoms with van der Waals surface area (Å²) < 4.78 is 43.5. The van der Waals surface area contributed by atoms with Gasteiger partial charge >= 0.3 is 6.18 Å². The molecule has 8 heteroatoms. The molecular weight excluding hydrogens is 307 g/mol. The van der Waals surface area contributed by atoms with Crippen molar-refractivity contribution in [3.63, 3.8) is 0 Å². The first kappa shape index (κ1) is 15.3. The third-order valence-corrected chi connectivity index (χ3v) is 4.36. The van der Waals surface area contributed by atoms with Crippen LogP contribution in [0.2, 0.25) is 0 Å². The molecule has 0 bridgehead atoms. The van der Waals surface area contributed by atoms with Crippen LogP contribution in [0, 0.1) is 0 Å². The monoisotopic (exact) mass is 319 g/mol. The summed E-state index contributed by atoms with van der Waals surface area (Å²) in [5.41, 5.74) is 4.75. The lowest BCUT2D eigenvalue weighted by molar-refractivity contribution is -0.138. The lowest BCUT2D eigenvalue weighted by Crippen LogP contribution is -2.11. The van der Waals surface area contributed by atoms with Crippen molar-refractivity contribution in [1.82, 2.24) is 9.36 Å². The van der Waals surface area contributed by atoms with Gasteiger partial charge in [0.15, 0.2) is 4.34 Å². The highest BCUT2D eigenvalue weighted by Gasteiger charge is 2.33. The summed E-state index contributed by atoms with van der Waals surface area (Å²) in [7, 11) is 0. The zero-order valence-corrected chi connectivity index (χ0v) is 12.2. The Labute approximate surface area is 122 Å². The molecule has 0 aliphatic heterocycles. The summed E-state index contributed by atoms with van der Waals surface area (Å²) in [6, 6.07) is 4.14. The summed E-state index contributed by atoms with van der Waals surface area (Å²) in [4.78, 5) is 4.70. The van der Waals surface area contributed by atoms with Gasteiger partial charge in [0.05, 0.1) is 5.56 Å². The molecule has 1 aromatic heterocycles. The topological polar surface area (TPSA) is 51.8 Å². The van der Waals surface area contributed by atoms with Gasteiger partial charge in [-0.25, -0.2) is 4.98 Å². The lowest BCUT2D eigenvalue weighted by Gasteiger charge is -2.12. The summed E-state index contributed by atoms with van der Waals surface area (Å²) in [5, 5.41) is 0. The van der Waals surface area contributed by atoms with E-state index in [0.717, 1.165) is 6.07 Å². The molecule has 0 saturated carbocycles. The molecule has 0 spiro atoms. The maximum atomic E-state index is 12.9. The van der Waals surface area contributed by atoms with Crippen molar-refractivity contribution in [3.05, 3.63) is 35.2 Å². The van der Waals surface area contributed by atoms with Crippen LogP contribution in [-0.2, 0) is 19.1 Å². The van der Waals surface area contributed by atoms with Crippen LogP contribution in [0.5, 0.6) is 0 Å². The van der Waals surface area contributed by atoms with E-state index in [1.165, 1.54) is 29.4 Å². The summed E-state index contributed by atoms with van der Waals surface area (Å²) in [6.07, 6.45) is -3.70. The normalized spacial score (nSPS) is 11.8. The highest BCUT2D eigenvalue weighted by atomic mass is 32.2. The van der Waals surface area contributed by atoms with Crippen molar-refractivity contribution < 1.29 is 13.2 Å². The number of halogens is 3. The number of benzene rings is 1. The van der Waals surface area contributed by atoms with Crippen molar-refractivity contribution in [2.45, 2.75) is 35.3 Å². The van der Waals surface area contributed by atoms with Crippen LogP contribution >= 0.6 is 23.3 Å². The predicted octanol–water partition coefficient (Wildman–Crippen LogP) is 3.73. The van der Waals surface area contributed by atoms with Gasteiger partial charge < -0.3 is 5.73 Å². The molecule has 20 heavy (non-hydrogen) atoms. The van der Waals surface area contributed by atoms with Crippen molar-refractivity contribution in [1.29, 1.82) is 0 Å². The average Bonchev–Trinajstić information content (AvgIpc) is 2.85. The Balaban J connectivity index is 2.29. The lowest BCUT2D eigenvalue weighted by atomic mass is 10.1. The zero-order chi connectivity index (χ0) is 14.8. The number of aryl methyl sites for hydroxylation is 1. The smallest absolute Gasteiger partial charge is 0.326 e. The van der Waals surface area contributed by atoms with Crippen molar-refractivity contribution >= 4 is 23.3 Å². The van der Waals surface area contributed by atoms with Gasteiger partial charge in [-0.2, -0.15) is 17.5 Å². The molecule has 0 unspecified atom stereocenters. The quantitative estimate of drug-likeness (QED) is 0.933. The molecule has 3 nitrogen and oxygen atoms in total. The number of nitrogens with zero attached hydrogens (tertiary/aromatic N) is 2. The molecule has 2 rings (SSSR count). The van der Waals surface area contributed by atoms with Gasteiger partial charge in [0.2, 0.25) is 0 Å². The van der Waals surface area contributed by atoms with E-state index in [4.69, 9.17) is 5.73 Å². The van der Waals surface area contributed by atoms with Gasteiger partial charge in [0.25, 0.3) is 0 Å². The molecule has 2 aromatic rings. The minimum absolute atomic E-state index is 0.0911. The fraction of sp³-hybridized carbons (Fsp3) is 0.333. The third kappa shape index (κ3) is 3.50. The number of rotatable bonds is 4. The summed E-state index contributed by atoms with van der Waals surface area (Å²) in [6.45, 7) is 1.78. The standard InChI is InChI=1S/C12H12F3N3S2/c1-2-10-17-11(20-18-10)19-8-4-3-7(6-16)9(5-8)12(13,14)15/h3-5H,2,6,16H2,1H3. The molecule has 0 atom stereocenters. The zero-order valence-electron chi connectivity index (χ0n) is 10.6. The maximum absolute atomic E-state index is 12.9. The van der Waals surface area contributed by atoms with Crippen LogP contribution < -0.4 is 5.73 Å². The van der Waals surface area contributed by atoms with Crippen LogP contribution in [0.4, 0.5) is 13.2 Å². The van der Waals surface area contributed by atoms with E-state index in [9.17, 15) is 13.2 Å². The number of hydrogen-bond donors (Lipinski definition) is 1. The van der Waals surface area contributed by atoms with Gasteiger partial charge in [-0.05, 0) is 29.2 Å². The average molecular weight is 319 g/mol. The molecule has 0 radical (unpaired) electrons. The molecule has 1 aromatic carbocycles. The van der Waals surface area contributed by atoms with E-state index in [1.807, 2.05) is 6.92 Å². The first-order chi connectivity index (χ1) is 9.44. The minimum atomic E-state index is -4.40. The van der Waals surface area contributed by atoms with E-state index in [1.54, 1.807) is 6.07 Å². The molecule has 0 aliphatic carbocycles. The van der Waals surface area contributed by atoms with Crippen molar-refractivity contribution in [3.8, 4) is 0 Å². The highest BCUT2D eigenvalue weighted by Crippen LogP contribution is 2.37. The van der Waals surface area contributed by atoms with Crippen LogP contribution in [0.1, 0.15) is 23.9 Å². The van der Waals surface area contributed by atoms with E-state index in [2.05, 4.69) is 9.36 Å². The minimum Gasteiger partial charge on any atom is -0.326 e. The first-order valence-corrected chi connectivity index (χ1v) is 7.43. The summed E-state index contributed by atoms with van der Waals surface area (Å²) >= 11 is 2.37. The predicted molar refractivity (Wildman–Crippen MR) is 72.7 cm³/mol. The fourth-order valence-corrected chi connectivity index (χ4v) is 3.30. The second kappa shape index (κ2) is 6.11. The van der Waals surface area contributed by atoms with Crippen LogP contribution in [0.3, 0.4) is 0 Å². The SMILES string of the molecule is CCc1nsc(Sc2ccc(CN)c(C(F)(F)F)c2)n1. The Morgan fingerprint density at radius 2 is 2.10 bits per heavy atom. The van der Waals surface area contributed by atoms with E-state index >= 15 is 0 Å². The molecular formula is C12H12F3N3S2. The van der Waals surface area contributed by atoms with Gasteiger partial charge in [-0.1, -0.05) is 24.8 Å². The van der Waals surface area contributed by atoms with Crippen LogP contribution in [-0.4, -0.2) is 9.36 Å². The van der Waals surface area contributed by atoms with E-state index in [-0.39, 0.29) is 12.1 Å². The van der Waals surface area contributed by atoms with Crippen LogP contribution in [0.25, 0.3) is 0 Å². The van der Waals surface area contributed by atoms with Crippen molar-refractivity contribution in [2.75, 3.05) is 0 Å². The Morgan fingerprint density at radius 3 is 2.65 bits per heavy atom. The summed E-state index contributed by atoms with van der Waals surface area (Å²) in [5.74, 6) is 0.701. The molecule has 0 aliphatic rings. The van der Waals surface area contributed by atoms with E-state index in [0.29, 0.717) is 21.5 Å². The molecule has 0 fully saturated rings. The Kier molecular flexibility index (Phi) is 4.66. The molecule has 1 heterocycles. The number of aromatic nitrogens is 2. The number of nitrogens with two attached hydrogens (primary N) is 1. The number of alkyl halides is 3. The molecule has 2 N–H and O–H groups in total. The maximum Gasteiger partial charge on any atom is 0.416 e. The van der Waals surface area contributed by atoms with Gasteiger partial charge in [0, 0.05) is 17.9 Å². The Hall–Kier alpha value is -1.12.